The summed E-state index contributed by atoms with van der Waals surface area (Å²) in [7, 11) is 5.95. The van der Waals surface area contributed by atoms with Crippen LogP contribution in [0.3, 0.4) is 0 Å². The molecule has 103 heavy (non-hydrogen) atoms. The van der Waals surface area contributed by atoms with Crippen LogP contribution in [0.4, 0.5) is 0 Å². The summed E-state index contributed by atoms with van der Waals surface area (Å²) >= 11 is 0. The Hall–Kier alpha value is -4.31. The number of hydrogen-bond acceptors (Lipinski definition) is 8. The van der Waals surface area contributed by atoms with E-state index in [1.165, 1.54) is 270 Å². The molecule has 0 saturated heterocycles. The van der Waals surface area contributed by atoms with Crippen molar-refractivity contribution in [2.75, 3.05) is 47.5 Å². The summed E-state index contributed by atoms with van der Waals surface area (Å²) < 4.78 is 22.9. The fraction of sp³-hybridized carbons (Fsp3) is 0.755. The van der Waals surface area contributed by atoms with Gasteiger partial charge >= 0.3 is 11.9 Å². The van der Waals surface area contributed by atoms with Gasteiger partial charge in [0.1, 0.15) is 13.2 Å². The summed E-state index contributed by atoms with van der Waals surface area (Å²) in [5, 5.41) is 11.9. The number of carboxylic acids is 1. The molecular weight excluding hydrogens is 1270 g/mol. The third-order valence-corrected chi connectivity index (χ3v) is 19.2. The first-order chi connectivity index (χ1) is 50.6. The van der Waals surface area contributed by atoms with Gasteiger partial charge in [-0.1, -0.05) is 405 Å². The second-order valence-electron chi connectivity index (χ2n) is 30.4. The Labute approximate surface area is 637 Å². The van der Waals surface area contributed by atoms with Crippen molar-refractivity contribution >= 4 is 17.9 Å². The van der Waals surface area contributed by atoms with Crippen molar-refractivity contribution < 1.29 is 42.9 Å². The summed E-state index contributed by atoms with van der Waals surface area (Å²) in [6.07, 6.45) is 116. The number of aliphatic carboxylic acids is 1. The van der Waals surface area contributed by atoms with Gasteiger partial charge in [-0.2, -0.15) is 0 Å². The molecule has 9 heteroatoms. The lowest BCUT2D eigenvalue weighted by Crippen LogP contribution is -2.44. The molecule has 2 unspecified atom stereocenters. The molecule has 0 N–H and O–H groups in total. The second kappa shape index (κ2) is 83.3. The summed E-state index contributed by atoms with van der Waals surface area (Å²) in [4.78, 5) is 37.7. The van der Waals surface area contributed by atoms with E-state index in [1.54, 1.807) is 0 Å². The minimum absolute atomic E-state index is 0.148. The van der Waals surface area contributed by atoms with Crippen LogP contribution in [-0.4, -0.2) is 82.3 Å². The van der Waals surface area contributed by atoms with Crippen LogP contribution in [0.1, 0.15) is 399 Å². The van der Waals surface area contributed by atoms with Crippen molar-refractivity contribution in [1.29, 1.82) is 0 Å². The third kappa shape index (κ3) is 84.8. The van der Waals surface area contributed by atoms with Gasteiger partial charge < -0.3 is 33.3 Å². The molecule has 0 aliphatic rings. The van der Waals surface area contributed by atoms with Gasteiger partial charge in [-0.25, -0.2) is 0 Å². The van der Waals surface area contributed by atoms with Crippen molar-refractivity contribution in [2.24, 2.45) is 0 Å². The minimum Gasteiger partial charge on any atom is -0.545 e. The van der Waals surface area contributed by atoms with Crippen molar-refractivity contribution in [1.82, 2.24) is 0 Å². The molecule has 2 atom stereocenters. The molecule has 0 amide bonds. The predicted molar refractivity (Wildman–Crippen MR) is 444 cm³/mol. The first-order valence-corrected chi connectivity index (χ1v) is 43.7. The quantitative estimate of drug-likeness (QED) is 0.0195. The highest BCUT2D eigenvalue weighted by atomic mass is 16.7. The van der Waals surface area contributed by atoms with E-state index in [1.807, 2.05) is 21.1 Å². The highest BCUT2D eigenvalue weighted by molar-refractivity contribution is 5.70. The van der Waals surface area contributed by atoms with Gasteiger partial charge in [0.2, 0.25) is 0 Å². The van der Waals surface area contributed by atoms with Crippen LogP contribution in [0.25, 0.3) is 0 Å². The van der Waals surface area contributed by atoms with Crippen LogP contribution in [-0.2, 0) is 33.3 Å². The van der Waals surface area contributed by atoms with E-state index in [9.17, 15) is 19.5 Å². The van der Waals surface area contributed by atoms with Crippen molar-refractivity contribution in [2.45, 2.75) is 411 Å². The van der Waals surface area contributed by atoms with Gasteiger partial charge in [-0.3, -0.25) is 9.59 Å². The molecule has 0 spiro atoms. The number of hydrogen-bond donors (Lipinski definition) is 0. The Morgan fingerprint density at radius 2 is 0.524 bits per heavy atom. The normalized spacial score (nSPS) is 13.2. The van der Waals surface area contributed by atoms with Crippen LogP contribution in [0.5, 0.6) is 0 Å². The maximum absolute atomic E-state index is 13.0. The van der Waals surface area contributed by atoms with E-state index < -0.39 is 24.3 Å². The van der Waals surface area contributed by atoms with Gasteiger partial charge in [-0.05, 0) is 103 Å². The number of unbranched alkanes of at least 4 members (excludes halogenated alkanes) is 46. The Kier molecular flexibility index (Phi) is 79.8. The number of allylic oxidation sites excluding steroid dienone is 20. The largest absolute Gasteiger partial charge is 0.545 e. The summed E-state index contributed by atoms with van der Waals surface area (Å²) in [6, 6.07) is 0. The topological polar surface area (TPSA) is 111 Å². The smallest absolute Gasteiger partial charge is 0.306 e. The van der Waals surface area contributed by atoms with E-state index in [4.69, 9.17) is 18.9 Å². The molecule has 9 nitrogen and oxygen atoms in total. The number of carbonyl (C=O) groups excluding carboxylic acids is 3. The lowest BCUT2D eigenvalue weighted by molar-refractivity contribution is -0.870. The lowest BCUT2D eigenvalue weighted by atomic mass is 10.0. The number of quaternary nitrogens is 1. The van der Waals surface area contributed by atoms with Gasteiger partial charge in [0.05, 0.1) is 40.3 Å². The molecule has 0 aromatic carbocycles. The average molecular weight is 1440 g/mol. The van der Waals surface area contributed by atoms with Crippen LogP contribution in [0.2, 0.25) is 0 Å². The molecule has 0 radical (unpaired) electrons. The fourth-order valence-corrected chi connectivity index (χ4v) is 12.7. The highest BCUT2D eigenvalue weighted by Gasteiger charge is 2.22. The Balaban J connectivity index is 3.94. The average Bonchev–Trinajstić information content (AvgIpc) is 1.01. The van der Waals surface area contributed by atoms with Crippen molar-refractivity contribution in [3.8, 4) is 0 Å². The Morgan fingerprint density at radius 1 is 0.291 bits per heavy atom. The number of nitrogens with zero attached hydrogens (tertiary/aromatic N) is 1. The Morgan fingerprint density at radius 3 is 0.777 bits per heavy atom. The van der Waals surface area contributed by atoms with E-state index in [0.29, 0.717) is 23.9 Å². The monoisotopic (exact) mass is 1440 g/mol. The molecule has 0 aromatic rings. The summed E-state index contributed by atoms with van der Waals surface area (Å²) in [5.41, 5.74) is 0. The molecule has 0 aliphatic heterocycles. The van der Waals surface area contributed by atoms with Gasteiger partial charge in [0, 0.05) is 12.8 Å². The lowest BCUT2D eigenvalue weighted by Gasteiger charge is -2.26. The molecule has 0 bridgehead atoms. The predicted octanol–water partition coefficient (Wildman–Crippen LogP) is 27.3. The molecule has 0 heterocycles. The first-order valence-electron chi connectivity index (χ1n) is 43.7. The molecular formula is C94H165NO8. The molecule has 0 saturated carbocycles. The number of ether oxygens (including phenoxy) is 4. The molecule has 0 fully saturated rings. The zero-order chi connectivity index (χ0) is 74.6. The van der Waals surface area contributed by atoms with E-state index in [-0.39, 0.29) is 32.2 Å². The SMILES string of the molecule is CC/C=C\C/C=C\C/C=C\C/C=C\C/C=C\C/C=C\CCCCCCCCCCCCCCCCCCCCCCCCC(=O)OC(COC(=O)CCCCCCCCCCCCCCCCCCCCCCCCCC/C=C\C/C=C\C/C=C\C/C=C\CC)COC(OCC[N+](C)(C)C)C(=O)[O-]. The zero-order valence-corrected chi connectivity index (χ0v) is 68.2. The van der Waals surface area contributed by atoms with Crippen molar-refractivity contribution in [3.63, 3.8) is 0 Å². The Bertz CT molecular complexity index is 2120. The van der Waals surface area contributed by atoms with Gasteiger partial charge in [-0.15, -0.1) is 0 Å². The van der Waals surface area contributed by atoms with Crippen LogP contribution in [0.15, 0.2) is 122 Å². The highest BCUT2D eigenvalue weighted by Crippen LogP contribution is 2.20. The molecule has 594 valence electrons. The van der Waals surface area contributed by atoms with Crippen LogP contribution >= 0.6 is 0 Å². The fourth-order valence-electron chi connectivity index (χ4n) is 12.7. The van der Waals surface area contributed by atoms with E-state index >= 15 is 0 Å². The number of rotatable bonds is 81. The summed E-state index contributed by atoms with van der Waals surface area (Å²) in [6.45, 7) is 4.58. The molecule has 0 aliphatic carbocycles. The molecule has 0 rings (SSSR count). The van der Waals surface area contributed by atoms with E-state index in [2.05, 4.69) is 135 Å². The summed E-state index contributed by atoms with van der Waals surface area (Å²) in [5.74, 6) is -2.26. The third-order valence-electron chi connectivity index (χ3n) is 19.2. The van der Waals surface area contributed by atoms with Crippen LogP contribution in [0, 0.1) is 0 Å². The molecule has 0 aromatic heterocycles. The number of esters is 2. The second-order valence-corrected chi connectivity index (χ2v) is 30.4. The maximum Gasteiger partial charge on any atom is 0.306 e. The van der Waals surface area contributed by atoms with Gasteiger partial charge in [0.25, 0.3) is 0 Å². The minimum atomic E-state index is -1.62. The first kappa shape index (κ1) is 98.7. The van der Waals surface area contributed by atoms with Gasteiger partial charge in [0.15, 0.2) is 12.4 Å². The van der Waals surface area contributed by atoms with E-state index in [0.717, 1.165) is 96.3 Å². The standard InChI is InChI=1S/C94H165NO8/c1-6-8-10-12-14-16-18-20-22-24-26-28-30-32-34-36-38-40-42-44-45-46-47-49-51-53-55-57-59-61-63-65-67-69-71-73-75-77-79-81-83-85-92(97)103-90(89-102-94(93(98)99)100-87-86-95(3,4)5)88-101-91(96)84-82-80-78-76-74-72-70-68-66-64-62-60-58-56-54-52-50-48-43-41-39-37-35-33-31-29-27-25-23-21-19-17-15-13-11-9-7-2/h8-11,14-17,20-23,26-29,32,34,38,40,90,94H,6-7,12-13,18-19,24-25,30-31,33,35-37,39,41-89H2,1-5H3/b10-8-,11-9-,16-14-,17-15-,22-20-,23-21-,28-26-,29-27-,34-32-,40-38-. The number of carboxylic acid groups (broad SMARTS) is 1. The zero-order valence-electron chi connectivity index (χ0n) is 68.2. The maximum atomic E-state index is 13.0. The van der Waals surface area contributed by atoms with Crippen molar-refractivity contribution in [3.05, 3.63) is 122 Å². The number of likely N-dealkylation sites (N-methyl/N-ethyl adjacent to an activating group) is 1. The van der Waals surface area contributed by atoms with Crippen LogP contribution < -0.4 is 5.11 Å². The number of carbonyl (C=O) groups is 3.